The summed E-state index contributed by atoms with van der Waals surface area (Å²) in [6.45, 7) is 0. The van der Waals surface area contributed by atoms with Crippen LogP contribution in [0.4, 0.5) is 0 Å². The van der Waals surface area contributed by atoms with E-state index in [0.717, 1.165) is 33.4 Å². The lowest BCUT2D eigenvalue weighted by Crippen LogP contribution is -1.94. The van der Waals surface area contributed by atoms with Crippen LogP contribution in [0.5, 0.6) is 0 Å². The Bertz CT molecular complexity index is 1260. The van der Waals surface area contributed by atoms with Gasteiger partial charge in [-0.3, -0.25) is 0 Å². The maximum absolute atomic E-state index is 4.88. The number of hydrogen-bond donors (Lipinski definition) is 0. The van der Waals surface area contributed by atoms with Gasteiger partial charge in [-0.15, -0.1) is 0 Å². The van der Waals surface area contributed by atoms with E-state index in [0.29, 0.717) is 5.82 Å². The molecule has 0 saturated heterocycles. The highest BCUT2D eigenvalue weighted by atomic mass is 14.9. The lowest BCUT2D eigenvalue weighted by atomic mass is 9.97. The van der Waals surface area contributed by atoms with Gasteiger partial charge in [-0.2, -0.15) is 0 Å². The van der Waals surface area contributed by atoms with Gasteiger partial charge < -0.3 is 0 Å². The van der Waals surface area contributed by atoms with E-state index in [-0.39, 0.29) is 0 Å². The monoisotopic (exact) mass is 359 g/mol. The first-order chi connectivity index (χ1) is 13.9. The Labute approximate surface area is 163 Å². The SMILES string of the molecule is c1ccc(-c2ccccc2-c2cccc(-c3ncc4ccccc4n3)n2)cc1. The number of pyridine rings is 1. The molecule has 28 heavy (non-hydrogen) atoms. The summed E-state index contributed by atoms with van der Waals surface area (Å²) >= 11 is 0. The van der Waals surface area contributed by atoms with Crippen molar-refractivity contribution in [3.05, 3.63) is 103 Å². The summed E-state index contributed by atoms with van der Waals surface area (Å²) in [5.41, 5.74) is 6.03. The summed E-state index contributed by atoms with van der Waals surface area (Å²) in [6, 6.07) is 32.7. The minimum atomic E-state index is 0.637. The van der Waals surface area contributed by atoms with Crippen LogP contribution in [0.15, 0.2) is 103 Å². The molecule has 132 valence electrons. The lowest BCUT2D eigenvalue weighted by Gasteiger charge is -2.10. The molecular formula is C25H17N3. The molecule has 0 saturated carbocycles. The van der Waals surface area contributed by atoms with E-state index in [4.69, 9.17) is 4.98 Å². The highest BCUT2D eigenvalue weighted by Crippen LogP contribution is 2.31. The van der Waals surface area contributed by atoms with Crippen LogP contribution in [0.2, 0.25) is 0 Å². The van der Waals surface area contributed by atoms with Gasteiger partial charge >= 0.3 is 0 Å². The summed E-state index contributed by atoms with van der Waals surface area (Å²) in [5, 5.41) is 1.02. The molecule has 0 amide bonds. The van der Waals surface area contributed by atoms with Crippen molar-refractivity contribution in [1.29, 1.82) is 0 Å². The summed E-state index contributed by atoms with van der Waals surface area (Å²) in [4.78, 5) is 14.1. The molecule has 2 aromatic heterocycles. The summed E-state index contributed by atoms with van der Waals surface area (Å²) in [5.74, 6) is 0.637. The molecule has 0 N–H and O–H groups in total. The number of hydrogen-bond acceptors (Lipinski definition) is 3. The largest absolute Gasteiger partial charge is 0.244 e. The Morgan fingerprint density at radius 1 is 0.500 bits per heavy atom. The van der Waals surface area contributed by atoms with Crippen LogP contribution < -0.4 is 0 Å². The van der Waals surface area contributed by atoms with E-state index < -0.39 is 0 Å². The van der Waals surface area contributed by atoms with E-state index in [1.807, 2.05) is 60.8 Å². The van der Waals surface area contributed by atoms with E-state index in [9.17, 15) is 0 Å². The topological polar surface area (TPSA) is 38.7 Å². The van der Waals surface area contributed by atoms with Gasteiger partial charge in [0.2, 0.25) is 0 Å². The normalized spacial score (nSPS) is 10.9. The molecule has 0 aliphatic heterocycles. The number of para-hydroxylation sites is 1. The van der Waals surface area contributed by atoms with Gasteiger partial charge in [-0.25, -0.2) is 15.0 Å². The first kappa shape index (κ1) is 16.3. The first-order valence-electron chi connectivity index (χ1n) is 9.22. The van der Waals surface area contributed by atoms with Crippen molar-refractivity contribution in [2.45, 2.75) is 0 Å². The molecule has 5 aromatic rings. The van der Waals surface area contributed by atoms with Crippen LogP contribution in [0.1, 0.15) is 0 Å². The Balaban J connectivity index is 1.62. The van der Waals surface area contributed by atoms with Crippen molar-refractivity contribution < 1.29 is 0 Å². The second-order valence-electron chi connectivity index (χ2n) is 6.57. The van der Waals surface area contributed by atoms with Crippen LogP contribution in [0.3, 0.4) is 0 Å². The maximum Gasteiger partial charge on any atom is 0.178 e. The van der Waals surface area contributed by atoms with Crippen molar-refractivity contribution in [2.75, 3.05) is 0 Å². The van der Waals surface area contributed by atoms with Gasteiger partial charge in [-0.05, 0) is 29.3 Å². The van der Waals surface area contributed by atoms with Crippen LogP contribution in [-0.4, -0.2) is 15.0 Å². The van der Waals surface area contributed by atoms with Crippen LogP contribution in [0.25, 0.3) is 44.8 Å². The van der Waals surface area contributed by atoms with E-state index in [2.05, 4.69) is 52.4 Å². The van der Waals surface area contributed by atoms with Crippen molar-refractivity contribution in [3.63, 3.8) is 0 Å². The van der Waals surface area contributed by atoms with Crippen LogP contribution >= 0.6 is 0 Å². The lowest BCUT2D eigenvalue weighted by molar-refractivity contribution is 1.18. The summed E-state index contributed by atoms with van der Waals surface area (Å²) < 4.78 is 0. The van der Waals surface area contributed by atoms with Crippen molar-refractivity contribution >= 4 is 10.9 Å². The molecule has 0 radical (unpaired) electrons. The zero-order valence-electron chi connectivity index (χ0n) is 15.2. The van der Waals surface area contributed by atoms with Gasteiger partial charge in [-0.1, -0.05) is 78.9 Å². The molecule has 0 aliphatic rings. The van der Waals surface area contributed by atoms with Crippen molar-refractivity contribution in [2.24, 2.45) is 0 Å². The third-order valence-electron chi connectivity index (χ3n) is 4.76. The third kappa shape index (κ3) is 3.03. The first-order valence-corrected chi connectivity index (χ1v) is 9.22. The van der Waals surface area contributed by atoms with Gasteiger partial charge in [0.25, 0.3) is 0 Å². The van der Waals surface area contributed by atoms with Gasteiger partial charge in [0.15, 0.2) is 5.82 Å². The predicted molar refractivity (Wildman–Crippen MR) is 114 cm³/mol. The molecule has 0 bridgehead atoms. The smallest absolute Gasteiger partial charge is 0.178 e. The second kappa shape index (κ2) is 7.05. The Hall–Kier alpha value is -3.85. The number of benzene rings is 3. The van der Waals surface area contributed by atoms with E-state index >= 15 is 0 Å². The Kier molecular flexibility index (Phi) is 4.11. The average Bonchev–Trinajstić information content (AvgIpc) is 2.79. The summed E-state index contributed by atoms with van der Waals surface area (Å²) in [6.07, 6.45) is 1.85. The molecule has 3 nitrogen and oxygen atoms in total. The molecule has 3 heteroatoms. The molecule has 0 fully saturated rings. The van der Waals surface area contributed by atoms with Crippen molar-refractivity contribution in [3.8, 4) is 33.9 Å². The third-order valence-corrected chi connectivity index (χ3v) is 4.76. The minimum Gasteiger partial charge on any atom is -0.244 e. The standard InChI is InChI=1S/C25H17N3/c1-2-9-18(10-3-1)20-12-5-6-13-21(20)23-15-8-16-24(27-23)25-26-17-19-11-4-7-14-22(19)28-25/h1-17H. The fraction of sp³-hybridized carbons (Fsp3) is 0. The molecule has 0 atom stereocenters. The fourth-order valence-electron chi connectivity index (χ4n) is 3.38. The fourth-order valence-corrected chi connectivity index (χ4v) is 3.38. The van der Waals surface area contributed by atoms with Gasteiger partial charge in [0.1, 0.15) is 5.69 Å². The van der Waals surface area contributed by atoms with E-state index in [1.165, 1.54) is 5.56 Å². The predicted octanol–water partition coefficient (Wildman–Crippen LogP) is 6.03. The highest BCUT2D eigenvalue weighted by Gasteiger charge is 2.10. The zero-order valence-corrected chi connectivity index (χ0v) is 15.2. The highest BCUT2D eigenvalue weighted by molar-refractivity contribution is 5.83. The number of fused-ring (bicyclic) bond motifs is 1. The summed E-state index contributed by atoms with van der Waals surface area (Å²) in [7, 11) is 0. The second-order valence-corrected chi connectivity index (χ2v) is 6.57. The minimum absolute atomic E-state index is 0.637. The maximum atomic E-state index is 4.88. The average molecular weight is 359 g/mol. The quantitative estimate of drug-likeness (QED) is 0.395. The molecule has 3 aromatic carbocycles. The molecule has 5 rings (SSSR count). The van der Waals surface area contributed by atoms with Crippen LogP contribution in [0, 0.1) is 0 Å². The molecule has 0 unspecified atom stereocenters. The van der Waals surface area contributed by atoms with Crippen LogP contribution in [-0.2, 0) is 0 Å². The molecular weight excluding hydrogens is 342 g/mol. The number of aromatic nitrogens is 3. The zero-order chi connectivity index (χ0) is 18.8. The molecule has 0 aliphatic carbocycles. The Morgan fingerprint density at radius 2 is 1.21 bits per heavy atom. The van der Waals surface area contributed by atoms with Gasteiger partial charge in [0.05, 0.1) is 11.2 Å². The Morgan fingerprint density at radius 3 is 2.11 bits per heavy atom. The van der Waals surface area contributed by atoms with E-state index in [1.54, 1.807) is 0 Å². The molecule has 2 heterocycles. The van der Waals surface area contributed by atoms with Crippen molar-refractivity contribution in [1.82, 2.24) is 15.0 Å². The number of rotatable bonds is 3. The van der Waals surface area contributed by atoms with Gasteiger partial charge in [0, 0.05) is 17.1 Å². The number of nitrogens with zero attached hydrogens (tertiary/aromatic N) is 3. The molecule has 0 spiro atoms.